The first-order valence-electron chi connectivity index (χ1n) is 5.08. The second-order valence-electron chi connectivity index (χ2n) is 3.57. The van der Waals surface area contributed by atoms with E-state index in [0.29, 0.717) is 13.0 Å². The molecule has 0 bridgehead atoms. The van der Waals surface area contributed by atoms with E-state index in [1.165, 1.54) is 0 Å². The zero-order valence-electron chi connectivity index (χ0n) is 9.23. The monoisotopic (exact) mass is 204 g/mol. The van der Waals surface area contributed by atoms with Crippen LogP contribution >= 0.6 is 0 Å². The topological polar surface area (TPSA) is 42.3 Å². The van der Waals surface area contributed by atoms with E-state index >= 15 is 0 Å². The van der Waals surface area contributed by atoms with E-state index in [4.69, 9.17) is 0 Å². The van der Waals surface area contributed by atoms with Gasteiger partial charge in [0.25, 0.3) is 0 Å². The molecule has 0 spiro atoms. The lowest BCUT2D eigenvalue weighted by Gasteiger charge is -1.98. The number of aromatic nitrogens is 1. The van der Waals surface area contributed by atoms with Gasteiger partial charge in [-0.2, -0.15) is 0 Å². The molecule has 0 N–H and O–H groups in total. The Bertz CT molecular complexity index is 344. The molecule has 0 saturated heterocycles. The van der Waals surface area contributed by atoms with Gasteiger partial charge in [-0.15, -0.1) is 0 Å². The predicted molar refractivity (Wildman–Crippen MR) is 61.2 cm³/mol. The van der Waals surface area contributed by atoms with Gasteiger partial charge < -0.3 is 0 Å². The number of carbonyl (C=O) groups excluding carboxylic acids is 1. The third kappa shape index (κ3) is 5.05. The van der Waals surface area contributed by atoms with Crippen molar-refractivity contribution in [1.82, 2.24) is 4.98 Å². The Morgan fingerprint density at radius 2 is 2.20 bits per heavy atom. The highest BCUT2D eigenvalue weighted by Gasteiger charge is 1.96. The molecule has 0 radical (unpaired) electrons. The molecule has 15 heavy (non-hydrogen) atoms. The van der Waals surface area contributed by atoms with E-state index in [-0.39, 0.29) is 5.78 Å². The van der Waals surface area contributed by atoms with E-state index in [1.54, 1.807) is 13.1 Å². The summed E-state index contributed by atoms with van der Waals surface area (Å²) in [7, 11) is 0. The fraction of sp³-hybridized carbons (Fsp3) is 0.417. The number of rotatable bonds is 5. The standard InChI is InChI=1S/C12H16N2O/c1-10(9-11(2)15)13-8-6-12-5-3-4-7-14-12/h3-5,7H,6,8-9H2,1-2H3. The summed E-state index contributed by atoms with van der Waals surface area (Å²) < 4.78 is 0. The van der Waals surface area contributed by atoms with Crippen LogP contribution in [-0.4, -0.2) is 23.0 Å². The van der Waals surface area contributed by atoms with Gasteiger partial charge in [-0.1, -0.05) is 6.07 Å². The largest absolute Gasteiger partial charge is 0.300 e. The van der Waals surface area contributed by atoms with E-state index in [9.17, 15) is 4.79 Å². The van der Waals surface area contributed by atoms with E-state index < -0.39 is 0 Å². The summed E-state index contributed by atoms with van der Waals surface area (Å²) in [6.45, 7) is 4.17. The van der Waals surface area contributed by atoms with Gasteiger partial charge >= 0.3 is 0 Å². The van der Waals surface area contributed by atoms with Gasteiger partial charge in [-0.25, -0.2) is 0 Å². The highest BCUT2D eigenvalue weighted by atomic mass is 16.1. The average molecular weight is 204 g/mol. The Kier molecular flexibility index (Phi) is 4.68. The molecule has 3 nitrogen and oxygen atoms in total. The van der Waals surface area contributed by atoms with Gasteiger partial charge in [-0.3, -0.25) is 14.8 Å². The summed E-state index contributed by atoms with van der Waals surface area (Å²) in [6, 6.07) is 5.85. The third-order valence-corrected chi connectivity index (χ3v) is 1.98. The van der Waals surface area contributed by atoms with Crippen molar-refractivity contribution < 1.29 is 4.79 Å². The van der Waals surface area contributed by atoms with E-state index in [1.807, 2.05) is 25.1 Å². The number of carbonyl (C=O) groups is 1. The Hall–Kier alpha value is -1.51. The molecule has 0 saturated carbocycles. The summed E-state index contributed by atoms with van der Waals surface area (Å²) in [5.41, 5.74) is 1.94. The fourth-order valence-electron chi connectivity index (χ4n) is 1.32. The zero-order valence-corrected chi connectivity index (χ0v) is 9.23. The lowest BCUT2D eigenvalue weighted by molar-refractivity contribution is -0.115. The van der Waals surface area contributed by atoms with Crippen molar-refractivity contribution in [3.8, 4) is 0 Å². The van der Waals surface area contributed by atoms with Crippen LogP contribution in [0.1, 0.15) is 26.0 Å². The third-order valence-electron chi connectivity index (χ3n) is 1.98. The molecule has 1 rings (SSSR count). The van der Waals surface area contributed by atoms with Crippen molar-refractivity contribution in [1.29, 1.82) is 0 Å². The maximum atomic E-state index is 10.8. The lowest BCUT2D eigenvalue weighted by atomic mass is 10.2. The van der Waals surface area contributed by atoms with Gasteiger partial charge in [0.15, 0.2) is 0 Å². The number of nitrogens with zero attached hydrogens (tertiary/aromatic N) is 2. The molecule has 80 valence electrons. The van der Waals surface area contributed by atoms with Gasteiger partial charge in [0, 0.05) is 37.0 Å². The number of aliphatic imine (C=N–C) groups is 1. The molecule has 0 aliphatic heterocycles. The number of ketones is 1. The van der Waals surface area contributed by atoms with Crippen LogP contribution in [0, 0.1) is 0 Å². The Balaban J connectivity index is 2.35. The number of Topliss-reactive ketones (excluding diaryl/α,β-unsaturated/α-hetero) is 1. The van der Waals surface area contributed by atoms with Crippen molar-refractivity contribution >= 4 is 11.5 Å². The number of hydrogen-bond donors (Lipinski definition) is 0. The maximum absolute atomic E-state index is 10.8. The quantitative estimate of drug-likeness (QED) is 0.689. The van der Waals surface area contributed by atoms with Crippen molar-refractivity contribution in [2.24, 2.45) is 4.99 Å². The average Bonchev–Trinajstić information content (AvgIpc) is 2.18. The van der Waals surface area contributed by atoms with Crippen LogP contribution in [0.25, 0.3) is 0 Å². The summed E-state index contributed by atoms with van der Waals surface area (Å²) in [5, 5.41) is 0. The second kappa shape index (κ2) is 6.06. The van der Waals surface area contributed by atoms with Crippen LogP contribution in [0.3, 0.4) is 0 Å². The molecule has 1 aromatic heterocycles. The first-order valence-corrected chi connectivity index (χ1v) is 5.08. The lowest BCUT2D eigenvalue weighted by Crippen LogP contribution is -2.02. The first kappa shape index (κ1) is 11.6. The number of pyridine rings is 1. The summed E-state index contributed by atoms with van der Waals surface area (Å²) in [4.78, 5) is 19.3. The Morgan fingerprint density at radius 1 is 1.40 bits per heavy atom. The molecule has 0 atom stereocenters. The van der Waals surface area contributed by atoms with Crippen LogP contribution in [0.2, 0.25) is 0 Å². The van der Waals surface area contributed by atoms with Crippen LogP contribution in [0.4, 0.5) is 0 Å². The highest BCUT2D eigenvalue weighted by molar-refractivity contribution is 5.99. The minimum absolute atomic E-state index is 0.161. The maximum Gasteiger partial charge on any atom is 0.135 e. The molecule has 0 aromatic carbocycles. The predicted octanol–water partition coefficient (Wildman–Crippen LogP) is 2.06. The minimum Gasteiger partial charge on any atom is -0.300 e. The van der Waals surface area contributed by atoms with Gasteiger partial charge in [-0.05, 0) is 26.0 Å². The Morgan fingerprint density at radius 3 is 2.80 bits per heavy atom. The molecular formula is C12H16N2O. The van der Waals surface area contributed by atoms with Crippen molar-refractivity contribution in [3.63, 3.8) is 0 Å². The smallest absolute Gasteiger partial charge is 0.135 e. The van der Waals surface area contributed by atoms with Gasteiger partial charge in [0.2, 0.25) is 0 Å². The van der Waals surface area contributed by atoms with E-state index in [2.05, 4.69) is 9.98 Å². The second-order valence-corrected chi connectivity index (χ2v) is 3.57. The van der Waals surface area contributed by atoms with Crippen molar-refractivity contribution in [2.45, 2.75) is 26.7 Å². The summed E-state index contributed by atoms with van der Waals surface area (Å²) >= 11 is 0. The van der Waals surface area contributed by atoms with Crippen molar-refractivity contribution in [3.05, 3.63) is 30.1 Å². The molecule has 1 heterocycles. The molecule has 1 aromatic rings. The molecule has 0 aliphatic carbocycles. The Labute approximate surface area is 90.3 Å². The summed E-state index contributed by atoms with van der Waals surface area (Å²) in [5.74, 6) is 0.161. The fourth-order valence-corrected chi connectivity index (χ4v) is 1.32. The van der Waals surface area contributed by atoms with Gasteiger partial charge in [0.05, 0.1) is 0 Å². The molecule has 0 amide bonds. The van der Waals surface area contributed by atoms with Crippen LogP contribution in [0.5, 0.6) is 0 Å². The minimum atomic E-state index is 0.161. The van der Waals surface area contributed by atoms with Crippen LogP contribution in [-0.2, 0) is 11.2 Å². The first-order chi connectivity index (χ1) is 7.18. The van der Waals surface area contributed by atoms with Crippen LogP contribution < -0.4 is 0 Å². The van der Waals surface area contributed by atoms with Gasteiger partial charge in [0.1, 0.15) is 5.78 Å². The van der Waals surface area contributed by atoms with Crippen LogP contribution in [0.15, 0.2) is 29.4 Å². The highest BCUT2D eigenvalue weighted by Crippen LogP contribution is 1.96. The SMILES string of the molecule is CC(=O)CC(C)=NCCc1ccccn1. The molecular weight excluding hydrogens is 188 g/mol. The molecule has 3 heteroatoms. The number of hydrogen-bond acceptors (Lipinski definition) is 3. The molecule has 0 unspecified atom stereocenters. The molecule has 0 aliphatic rings. The van der Waals surface area contributed by atoms with Crippen molar-refractivity contribution in [2.75, 3.05) is 6.54 Å². The summed E-state index contributed by atoms with van der Waals surface area (Å²) in [6.07, 6.45) is 3.07. The zero-order chi connectivity index (χ0) is 11.1. The molecule has 0 fully saturated rings. The van der Waals surface area contributed by atoms with E-state index in [0.717, 1.165) is 17.8 Å². The normalized spacial score (nSPS) is 11.5.